The number of carbonyl (C=O) groups excluding carboxylic acids is 1. The van der Waals surface area contributed by atoms with Crippen molar-refractivity contribution in [3.8, 4) is 0 Å². The van der Waals surface area contributed by atoms with Crippen LogP contribution in [0, 0.1) is 13.8 Å². The van der Waals surface area contributed by atoms with E-state index in [1.165, 1.54) is 6.20 Å². The van der Waals surface area contributed by atoms with Crippen LogP contribution in [-0.4, -0.2) is 20.5 Å². The molecule has 0 fully saturated rings. The zero-order chi connectivity index (χ0) is 15.0. The van der Waals surface area contributed by atoms with Gasteiger partial charge in [0.1, 0.15) is 5.56 Å². The van der Waals surface area contributed by atoms with Gasteiger partial charge in [0.15, 0.2) is 5.65 Å². The molecule has 0 atom stereocenters. The number of carbonyl (C=O) groups is 1. The Kier molecular flexibility index (Phi) is 3.06. The van der Waals surface area contributed by atoms with Crippen LogP contribution in [0.3, 0.4) is 0 Å². The van der Waals surface area contributed by atoms with Crippen LogP contribution < -0.4 is 11.1 Å². The highest BCUT2D eigenvalue weighted by atomic mass is 16.1. The Hall–Kier alpha value is -2.89. The Morgan fingerprint density at radius 3 is 2.86 bits per heavy atom. The Balaban J connectivity index is 1.99. The topological polar surface area (TPSA) is 85.3 Å². The number of fused-ring (bicyclic) bond motifs is 1. The SMILES string of the molecule is Cc1cc(C)n2ncc(C(=O)Nc3cccc(N)c3)c2n1. The second kappa shape index (κ2) is 4.90. The first kappa shape index (κ1) is 13.1. The van der Waals surface area contributed by atoms with E-state index in [0.717, 1.165) is 11.4 Å². The highest BCUT2D eigenvalue weighted by Gasteiger charge is 2.15. The molecule has 0 spiro atoms. The van der Waals surface area contributed by atoms with Crippen LogP contribution in [0.4, 0.5) is 11.4 Å². The minimum Gasteiger partial charge on any atom is -0.399 e. The Labute approximate surface area is 121 Å². The van der Waals surface area contributed by atoms with E-state index in [1.54, 1.807) is 28.8 Å². The number of nitrogen functional groups attached to an aromatic ring is 1. The number of amides is 1. The number of nitrogens with zero attached hydrogens (tertiary/aromatic N) is 3. The average Bonchev–Trinajstić information content (AvgIpc) is 2.82. The number of anilines is 2. The maximum absolute atomic E-state index is 12.4. The lowest BCUT2D eigenvalue weighted by atomic mass is 10.2. The molecule has 1 aromatic carbocycles. The minimum atomic E-state index is -0.256. The maximum Gasteiger partial charge on any atom is 0.261 e. The average molecular weight is 281 g/mol. The quantitative estimate of drug-likeness (QED) is 0.705. The molecular weight excluding hydrogens is 266 g/mol. The maximum atomic E-state index is 12.4. The smallest absolute Gasteiger partial charge is 0.261 e. The minimum absolute atomic E-state index is 0.256. The summed E-state index contributed by atoms with van der Waals surface area (Å²) in [6.07, 6.45) is 1.52. The van der Waals surface area contributed by atoms with Gasteiger partial charge >= 0.3 is 0 Å². The summed E-state index contributed by atoms with van der Waals surface area (Å²) in [5.41, 5.74) is 9.70. The van der Waals surface area contributed by atoms with Gasteiger partial charge in [0.2, 0.25) is 0 Å². The van der Waals surface area contributed by atoms with Crippen LogP contribution in [-0.2, 0) is 0 Å². The third-order valence-electron chi connectivity index (χ3n) is 3.17. The van der Waals surface area contributed by atoms with Crippen molar-refractivity contribution in [1.29, 1.82) is 0 Å². The molecule has 6 heteroatoms. The van der Waals surface area contributed by atoms with E-state index >= 15 is 0 Å². The van der Waals surface area contributed by atoms with Crippen molar-refractivity contribution in [2.24, 2.45) is 0 Å². The third kappa shape index (κ3) is 2.43. The summed E-state index contributed by atoms with van der Waals surface area (Å²) in [6, 6.07) is 8.95. The normalized spacial score (nSPS) is 10.8. The Morgan fingerprint density at radius 2 is 2.10 bits per heavy atom. The van der Waals surface area contributed by atoms with E-state index in [0.29, 0.717) is 22.6 Å². The number of benzene rings is 1. The van der Waals surface area contributed by atoms with Gasteiger partial charge in [-0.2, -0.15) is 5.10 Å². The largest absolute Gasteiger partial charge is 0.399 e. The fourth-order valence-electron chi connectivity index (χ4n) is 2.25. The van der Waals surface area contributed by atoms with E-state index < -0.39 is 0 Å². The molecule has 3 rings (SSSR count). The van der Waals surface area contributed by atoms with Gasteiger partial charge in [0.05, 0.1) is 6.20 Å². The molecular formula is C15H15N5O. The Bertz CT molecular complexity index is 837. The molecule has 0 aliphatic rings. The van der Waals surface area contributed by atoms with Crippen LogP contribution in [0.15, 0.2) is 36.5 Å². The molecule has 2 heterocycles. The number of nitrogens with two attached hydrogens (primary N) is 1. The third-order valence-corrected chi connectivity index (χ3v) is 3.17. The van der Waals surface area contributed by atoms with Crippen molar-refractivity contribution in [3.63, 3.8) is 0 Å². The number of hydrogen-bond donors (Lipinski definition) is 2. The van der Waals surface area contributed by atoms with E-state index in [-0.39, 0.29) is 5.91 Å². The highest BCUT2D eigenvalue weighted by Crippen LogP contribution is 2.16. The fourth-order valence-corrected chi connectivity index (χ4v) is 2.25. The number of hydrogen-bond acceptors (Lipinski definition) is 4. The lowest BCUT2D eigenvalue weighted by molar-refractivity contribution is 0.102. The summed E-state index contributed by atoms with van der Waals surface area (Å²) in [7, 11) is 0. The summed E-state index contributed by atoms with van der Waals surface area (Å²) < 4.78 is 1.65. The van der Waals surface area contributed by atoms with E-state index in [4.69, 9.17) is 5.73 Å². The predicted octanol–water partition coefficient (Wildman–Crippen LogP) is 2.18. The number of nitrogens with one attached hydrogen (secondary N) is 1. The molecule has 0 bridgehead atoms. The second-order valence-corrected chi connectivity index (χ2v) is 4.91. The molecule has 21 heavy (non-hydrogen) atoms. The molecule has 0 unspecified atom stereocenters. The molecule has 3 aromatic rings. The lowest BCUT2D eigenvalue weighted by Gasteiger charge is -2.05. The zero-order valence-electron chi connectivity index (χ0n) is 11.8. The predicted molar refractivity (Wildman–Crippen MR) is 81.3 cm³/mol. The van der Waals surface area contributed by atoms with Crippen LogP contribution >= 0.6 is 0 Å². The number of aromatic nitrogens is 3. The van der Waals surface area contributed by atoms with Gasteiger partial charge in [-0.25, -0.2) is 9.50 Å². The first-order valence-electron chi connectivity index (χ1n) is 6.53. The van der Waals surface area contributed by atoms with Crippen LogP contribution in [0.2, 0.25) is 0 Å². The second-order valence-electron chi connectivity index (χ2n) is 4.91. The summed E-state index contributed by atoms with van der Waals surface area (Å²) in [4.78, 5) is 16.8. The van der Waals surface area contributed by atoms with Gasteiger partial charge < -0.3 is 11.1 Å². The molecule has 0 aliphatic carbocycles. The summed E-state index contributed by atoms with van der Waals surface area (Å²) >= 11 is 0. The van der Waals surface area contributed by atoms with Gasteiger partial charge in [-0.15, -0.1) is 0 Å². The van der Waals surface area contributed by atoms with Crippen molar-refractivity contribution in [2.75, 3.05) is 11.1 Å². The van der Waals surface area contributed by atoms with Crippen molar-refractivity contribution in [1.82, 2.24) is 14.6 Å². The first-order chi connectivity index (χ1) is 10.0. The molecule has 1 amide bonds. The lowest BCUT2D eigenvalue weighted by Crippen LogP contribution is -2.12. The fraction of sp³-hybridized carbons (Fsp3) is 0.133. The molecule has 106 valence electrons. The zero-order valence-corrected chi connectivity index (χ0v) is 11.8. The molecule has 3 N–H and O–H groups in total. The number of aryl methyl sites for hydroxylation is 2. The summed E-state index contributed by atoms with van der Waals surface area (Å²) in [6.45, 7) is 3.81. The summed E-state index contributed by atoms with van der Waals surface area (Å²) in [5.74, 6) is -0.256. The molecule has 0 radical (unpaired) electrons. The van der Waals surface area contributed by atoms with Crippen LogP contribution in [0.1, 0.15) is 21.7 Å². The van der Waals surface area contributed by atoms with Crippen molar-refractivity contribution < 1.29 is 4.79 Å². The molecule has 0 saturated heterocycles. The Morgan fingerprint density at radius 1 is 1.29 bits per heavy atom. The number of rotatable bonds is 2. The standard InChI is InChI=1S/C15H15N5O/c1-9-6-10(2)20-14(18-9)13(8-17-20)15(21)19-12-5-3-4-11(16)7-12/h3-8H,16H2,1-2H3,(H,19,21). The highest BCUT2D eigenvalue weighted by molar-refractivity contribution is 6.08. The van der Waals surface area contributed by atoms with Gasteiger partial charge in [-0.05, 0) is 38.1 Å². The van der Waals surface area contributed by atoms with Crippen LogP contribution in [0.25, 0.3) is 5.65 Å². The molecule has 6 nitrogen and oxygen atoms in total. The first-order valence-corrected chi connectivity index (χ1v) is 6.53. The molecule has 0 saturated carbocycles. The van der Waals surface area contributed by atoms with Gasteiger partial charge in [-0.1, -0.05) is 6.07 Å². The van der Waals surface area contributed by atoms with E-state index in [9.17, 15) is 4.79 Å². The molecule has 2 aromatic heterocycles. The summed E-state index contributed by atoms with van der Waals surface area (Å²) in [5, 5.41) is 7.01. The van der Waals surface area contributed by atoms with Crippen LogP contribution in [0.5, 0.6) is 0 Å². The van der Waals surface area contributed by atoms with E-state index in [2.05, 4.69) is 15.4 Å². The van der Waals surface area contributed by atoms with Gasteiger partial charge in [0.25, 0.3) is 5.91 Å². The van der Waals surface area contributed by atoms with Gasteiger partial charge in [0, 0.05) is 22.8 Å². The van der Waals surface area contributed by atoms with Crippen molar-refractivity contribution in [2.45, 2.75) is 13.8 Å². The van der Waals surface area contributed by atoms with Crippen molar-refractivity contribution >= 4 is 22.9 Å². The van der Waals surface area contributed by atoms with Gasteiger partial charge in [-0.3, -0.25) is 4.79 Å². The van der Waals surface area contributed by atoms with E-state index in [1.807, 2.05) is 19.9 Å². The molecule has 0 aliphatic heterocycles. The van der Waals surface area contributed by atoms with Crippen molar-refractivity contribution in [3.05, 3.63) is 53.5 Å². The monoisotopic (exact) mass is 281 g/mol.